The first-order valence-corrected chi connectivity index (χ1v) is 8.81. The van der Waals surface area contributed by atoms with E-state index in [4.69, 9.17) is 0 Å². The summed E-state index contributed by atoms with van der Waals surface area (Å²) in [5, 5.41) is 12.7. The van der Waals surface area contributed by atoms with Crippen molar-refractivity contribution in [3.8, 4) is 0 Å². The molecular weight excluding hydrogens is 334 g/mol. The summed E-state index contributed by atoms with van der Waals surface area (Å²) in [6, 6.07) is 6.99. The zero-order valence-corrected chi connectivity index (χ0v) is 15.2. The Hall–Kier alpha value is -2.74. The van der Waals surface area contributed by atoms with E-state index in [0.717, 1.165) is 26.1 Å². The maximum atomic E-state index is 11.9. The summed E-state index contributed by atoms with van der Waals surface area (Å²) in [6.07, 6.45) is 0.785. The minimum atomic E-state index is -0.718. The lowest BCUT2D eigenvalue weighted by Crippen LogP contribution is -2.40. The summed E-state index contributed by atoms with van der Waals surface area (Å²) < 4.78 is 0. The van der Waals surface area contributed by atoms with Crippen molar-refractivity contribution in [2.45, 2.75) is 26.8 Å². The van der Waals surface area contributed by atoms with E-state index in [1.165, 1.54) is 0 Å². The van der Waals surface area contributed by atoms with Crippen LogP contribution < -0.4 is 16.2 Å². The van der Waals surface area contributed by atoms with Crippen molar-refractivity contribution in [3.05, 3.63) is 40.3 Å². The van der Waals surface area contributed by atoms with Crippen LogP contribution in [0.1, 0.15) is 26.0 Å². The quantitative estimate of drug-likeness (QED) is 0.467. The second kappa shape index (κ2) is 9.67. The van der Waals surface area contributed by atoms with Crippen LogP contribution in [0.3, 0.4) is 0 Å². The van der Waals surface area contributed by atoms with Crippen molar-refractivity contribution in [3.63, 3.8) is 0 Å². The molecule has 0 saturated carbocycles. The summed E-state index contributed by atoms with van der Waals surface area (Å²) in [5.74, 6) is -1.39. The second-order valence-electron chi connectivity index (χ2n) is 5.86. The lowest BCUT2D eigenvalue weighted by atomic mass is 10.1. The standard InChI is InChI=1S/C18H25N5O3/c1-3-23(4-2)11-7-10-19-17(25)18(26)20-12-15-13-8-5-6-9-14(13)16(24)22-21-15/h5-6,8-9H,3-4,7,10-12H2,1-2H3,(H,19,25)(H,20,26)(H,22,24). The van der Waals surface area contributed by atoms with Gasteiger partial charge in [0.05, 0.1) is 17.6 Å². The third kappa shape index (κ3) is 5.13. The molecule has 0 saturated heterocycles. The van der Waals surface area contributed by atoms with Crippen LogP contribution >= 0.6 is 0 Å². The Balaban J connectivity index is 1.84. The molecule has 26 heavy (non-hydrogen) atoms. The first-order chi connectivity index (χ1) is 12.6. The van der Waals surface area contributed by atoms with Crippen LogP contribution in [0.4, 0.5) is 0 Å². The fourth-order valence-electron chi connectivity index (χ4n) is 2.68. The number of carbonyl (C=O) groups is 2. The highest BCUT2D eigenvalue weighted by Crippen LogP contribution is 2.11. The van der Waals surface area contributed by atoms with Gasteiger partial charge in [-0.2, -0.15) is 5.10 Å². The lowest BCUT2D eigenvalue weighted by molar-refractivity contribution is -0.139. The molecule has 0 aliphatic heterocycles. The number of benzene rings is 1. The van der Waals surface area contributed by atoms with Gasteiger partial charge in [-0.1, -0.05) is 32.0 Å². The highest BCUT2D eigenvalue weighted by molar-refractivity contribution is 6.35. The van der Waals surface area contributed by atoms with Gasteiger partial charge in [-0.05, 0) is 32.1 Å². The van der Waals surface area contributed by atoms with E-state index in [0.29, 0.717) is 23.0 Å². The van der Waals surface area contributed by atoms with E-state index in [1.54, 1.807) is 24.3 Å². The number of aromatic nitrogens is 2. The Morgan fingerprint density at radius 3 is 2.42 bits per heavy atom. The number of fused-ring (bicyclic) bond motifs is 1. The molecule has 140 valence electrons. The van der Waals surface area contributed by atoms with Crippen LogP contribution in [0.5, 0.6) is 0 Å². The van der Waals surface area contributed by atoms with Crippen molar-refractivity contribution in [1.29, 1.82) is 0 Å². The summed E-state index contributed by atoms with van der Waals surface area (Å²) in [5.41, 5.74) is 0.213. The SMILES string of the molecule is CCN(CC)CCCNC(=O)C(=O)NCc1n[nH]c(=O)c2ccccc12. The minimum Gasteiger partial charge on any atom is -0.348 e. The van der Waals surface area contributed by atoms with Crippen molar-refractivity contribution < 1.29 is 9.59 Å². The van der Waals surface area contributed by atoms with Gasteiger partial charge in [-0.25, -0.2) is 5.10 Å². The number of rotatable bonds is 8. The Morgan fingerprint density at radius 2 is 1.73 bits per heavy atom. The summed E-state index contributed by atoms with van der Waals surface area (Å²) in [6.45, 7) is 7.48. The Labute approximate surface area is 152 Å². The van der Waals surface area contributed by atoms with E-state index < -0.39 is 11.8 Å². The molecule has 1 heterocycles. The predicted molar refractivity (Wildman–Crippen MR) is 99.6 cm³/mol. The van der Waals surface area contributed by atoms with Crippen LogP contribution in [0.15, 0.2) is 29.1 Å². The Morgan fingerprint density at radius 1 is 1.08 bits per heavy atom. The number of amides is 2. The molecule has 0 aliphatic carbocycles. The fourth-order valence-corrected chi connectivity index (χ4v) is 2.68. The molecule has 2 aromatic rings. The van der Waals surface area contributed by atoms with Crippen LogP contribution in [-0.4, -0.2) is 53.1 Å². The van der Waals surface area contributed by atoms with Gasteiger partial charge >= 0.3 is 11.8 Å². The first kappa shape index (κ1) is 19.6. The number of aromatic amines is 1. The van der Waals surface area contributed by atoms with E-state index in [9.17, 15) is 14.4 Å². The molecule has 0 aliphatic rings. The zero-order chi connectivity index (χ0) is 18.9. The normalized spacial score (nSPS) is 10.9. The van der Waals surface area contributed by atoms with Gasteiger partial charge in [0.25, 0.3) is 5.56 Å². The molecule has 2 rings (SSSR count). The minimum absolute atomic E-state index is 0.0585. The van der Waals surface area contributed by atoms with Crippen molar-refractivity contribution in [1.82, 2.24) is 25.7 Å². The van der Waals surface area contributed by atoms with E-state index in [2.05, 4.69) is 39.6 Å². The van der Waals surface area contributed by atoms with Crippen molar-refractivity contribution >= 4 is 22.6 Å². The maximum Gasteiger partial charge on any atom is 0.309 e. The average molecular weight is 359 g/mol. The van der Waals surface area contributed by atoms with E-state index in [1.807, 2.05) is 0 Å². The third-order valence-corrected chi connectivity index (χ3v) is 4.23. The van der Waals surface area contributed by atoms with Crippen LogP contribution in [0, 0.1) is 0 Å². The van der Waals surface area contributed by atoms with Crippen LogP contribution in [0.2, 0.25) is 0 Å². The van der Waals surface area contributed by atoms with E-state index in [-0.39, 0.29) is 12.1 Å². The molecule has 0 bridgehead atoms. The van der Waals surface area contributed by atoms with Gasteiger partial charge in [0.1, 0.15) is 0 Å². The van der Waals surface area contributed by atoms with Gasteiger partial charge in [-0.3, -0.25) is 14.4 Å². The zero-order valence-electron chi connectivity index (χ0n) is 15.2. The molecule has 3 N–H and O–H groups in total. The highest BCUT2D eigenvalue weighted by Gasteiger charge is 2.14. The smallest absolute Gasteiger partial charge is 0.309 e. The molecule has 0 radical (unpaired) electrons. The molecule has 2 amide bonds. The van der Waals surface area contributed by atoms with Crippen molar-refractivity contribution in [2.24, 2.45) is 0 Å². The number of hydrogen-bond acceptors (Lipinski definition) is 5. The molecule has 0 unspecified atom stereocenters. The molecule has 0 fully saturated rings. The monoisotopic (exact) mass is 359 g/mol. The number of nitrogens with one attached hydrogen (secondary N) is 3. The molecule has 0 atom stereocenters. The van der Waals surface area contributed by atoms with Crippen LogP contribution in [0.25, 0.3) is 10.8 Å². The van der Waals surface area contributed by atoms with E-state index >= 15 is 0 Å². The largest absolute Gasteiger partial charge is 0.348 e. The molecule has 1 aromatic carbocycles. The summed E-state index contributed by atoms with van der Waals surface area (Å²) in [4.78, 5) is 37.8. The third-order valence-electron chi connectivity index (χ3n) is 4.23. The topological polar surface area (TPSA) is 107 Å². The summed E-state index contributed by atoms with van der Waals surface area (Å²) >= 11 is 0. The Kier molecular flexibility index (Phi) is 7.28. The number of hydrogen-bond donors (Lipinski definition) is 3. The maximum absolute atomic E-state index is 11.9. The molecule has 8 nitrogen and oxygen atoms in total. The average Bonchev–Trinajstić information content (AvgIpc) is 2.67. The van der Waals surface area contributed by atoms with Gasteiger partial charge in [-0.15, -0.1) is 0 Å². The Bertz CT molecular complexity index is 814. The lowest BCUT2D eigenvalue weighted by Gasteiger charge is -2.17. The van der Waals surface area contributed by atoms with Crippen molar-refractivity contribution in [2.75, 3.05) is 26.2 Å². The van der Waals surface area contributed by atoms with Crippen LogP contribution in [-0.2, 0) is 16.1 Å². The van der Waals surface area contributed by atoms with Gasteiger partial charge < -0.3 is 15.5 Å². The molecule has 8 heteroatoms. The predicted octanol–water partition coefficient (Wildman–Crippen LogP) is 0.387. The van der Waals surface area contributed by atoms with Gasteiger partial charge in [0.15, 0.2) is 0 Å². The second-order valence-corrected chi connectivity index (χ2v) is 5.86. The highest BCUT2D eigenvalue weighted by atomic mass is 16.2. The fraction of sp³-hybridized carbons (Fsp3) is 0.444. The summed E-state index contributed by atoms with van der Waals surface area (Å²) in [7, 11) is 0. The number of nitrogens with zero attached hydrogens (tertiary/aromatic N) is 2. The van der Waals surface area contributed by atoms with Gasteiger partial charge in [0, 0.05) is 11.9 Å². The molecular formula is C18H25N5O3. The first-order valence-electron chi connectivity index (χ1n) is 8.81. The molecule has 0 spiro atoms. The molecule has 1 aromatic heterocycles. The van der Waals surface area contributed by atoms with Gasteiger partial charge in [0.2, 0.25) is 0 Å². The number of carbonyl (C=O) groups excluding carboxylic acids is 2. The number of H-pyrrole nitrogens is 1.